The van der Waals surface area contributed by atoms with Crippen molar-refractivity contribution >= 4 is 11.7 Å². The molecule has 138 valence electrons. The predicted octanol–water partition coefficient (Wildman–Crippen LogP) is 2.56. The standard InChI is InChI=1S/C20H32N4O/c1-22(2)18-7-5-17(6-8-18)9-12-21-20(25)24-15-10-19(11-16-24)23-13-3-4-14-23/h5-8,19H,3-4,9-16H2,1-2H3,(H,21,25). The highest BCUT2D eigenvalue weighted by atomic mass is 16.2. The first-order valence-electron chi connectivity index (χ1n) is 9.66. The zero-order valence-corrected chi connectivity index (χ0v) is 15.7. The minimum absolute atomic E-state index is 0.102. The number of rotatable bonds is 5. The molecule has 25 heavy (non-hydrogen) atoms. The Balaban J connectivity index is 1.36. The molecule has 2 saturated heterocycles. The van der Waals surface area contributed by atoms with Crippen molar-refractivity contribution in [1.82, 2.24) is 15.1 Å². The molecule has 1 aromatic carbocycles. The lowest BCUT2D eigenvalue weighted by atomic mass is 10.0. The van der Waals surface area contributed by atoms with Crippen LogP contribution in [0.25, 0.3) is 0 Å². The highest BCUT2D eigenvalue weighted by Crippen LogP contribution is 2.21. The van der Waals surface area contributed by atoms with Gasteiger partial charge in [-0.15, -0.1) is 0 Å². The van der Waals surface area contributed by atoms with Crippen LogP contribution in [0.4, 0.5) is 10.5 Å². The Hall–Kier alpha value is -1.75. The number of likely N-dealkylation sites (tertiary alicyclic amines) is 2. The van der Waals surface area contributed by atoms with Gasteiger partial charge in [0.1, 0.15) is 0 Å². The average molecular weight is 345 g/mol. The van der Waals surface area contributed by atoms with Crippen molar-refractivity contribution in [2.45, 2.75) is 38.1 Å². The van der Waals surface area contributed by atoms with Gasteiger partial charge in [0.05, 0.1) is 0 Å². The van der Waals surface area contributed by atoms with Crippen molar-refractivity contribution in [2.24, 2.45) is 0 Å². The smallest absolute Gasteiger partial charge is 0.317 e. The van der Waals surface area contributed by atoms with E-state index in [1.54, 1.807) is 0 Å². The largest absolute Gasteiger partial charge is 0.378 e. The van der Waals surface area contributed by atoms with Crippen LogP contribution < -0.4 is 10.2 Å². The van der Waals surface area contributed by atoms with E-state index in [2.05, 4.69) is 39.4 Å². The summed E-state index contributed by atoms with van der Waals surface area (Å²) < 4.78 is 0. The molecule has 5 heteroatoms. The zero-order valence-electron chi connectivity index (χ0n) is 15.7. The van der Waals surface area contributed by atoms with Crippen LogP contribution in [-0.2, 0) is 6.42 Å². The summed E-state index contributed by atoms with van der Waals surface area (Å²) in [4.78, 5) is 19.1. The Morgan fingerprint density at radius 2 is 1.72 bits per heavy atom. The summed E-state index contributed by atoms with van der Waals surface area (Å²) in [6, 6.07) is 9.33. The molecule has 1 N–H and O–H groups in total. The van der Waals surface area contributed by atoms with Crippen LogP contribution in [0.2, 0.25) is 0 Å². The van der Waals surface area contributed by atoms with Gasteiger partial charge in [-0.1, -0.05) is 12.1 Å². The maximum atomic E-state index is 12.4. The molecule has 0 radical (unpaired) electrons. The number of benzene rings is 1. The third-order valence-electron chi connectivity index (χ3n) is 5.55. The van der Waals surface area contributed by atoms with Crippen LogP contribution >= 0.6 is 0 Å². The number of hydrogen-bond acceptors (Lipinski definition) is 3. The predicted molar refractivity (Wildman–Crippen MR) is 103 cm³/mol. The molecule has 1 aromatic rings. The van der Waals surface area contributed by atoms with Gasteiger partial charge in [0, 0.05) is 45.5 Å². The third-order valence-corrected chi connectivity index (χ3v) is 5.55. The molecule has 2 amide bonds. The van der Waals surface area contributed by atoms with E-state index in [4.69, 9.17) is 0 Å². The summed E-state index contributed by atoms with van der Waals surface area (Å²) in [5, 5.41) is 3.09. The van der Waals surface area contributed by atoms with E-state index >= 15 is 0 Å². The van der Waals surface area contributed by atoms with Crippen molar-refractivity contribution in [2.75, 3.05) is 51.7 Å². The monoisotopic (exact) mass is 344 g/mol. The molecule has 0 spiro atoms. The van der Waals surface area contributed by atoms with Crippen LogP contribution in [0.5, 0.6) is 0 Å². The number of anilines is 1. The second-order valence-electron chi connectivity index (χ2n) is 7.50. The molecular formula is C20H32N4O. The molecule has 2 aliphatic rings. The quantitative estimate of drug-likeness (QED) is 0.892. The minimum Gasteiger partial charge on any atom is -0.378 e. The van der Waals surface area contributed by atoms with Crippen LogP contribution in [-0.4, -0.2) is 68.7 Å². The van der Waals surface area contributed by atoms with Crippen molar-refractivity contribution in [3.05, 3.63) is 29.8 Å². The van der Waals surface area contributed by atoms with E-state index in [1.807, 2.05) is 19.0 Å². The average Bonchev–Trinajstić information content (AvgIpc) is 3.17. The number of carbonyl (C=O) groups is 1. The molecule has 0 bridgehead atoms. The molecule has 5 nitrogen and oxygen atoms in total. The lowest BCUT2D eigenvalue weighted by molar-refractivity contribution is 0.134. The molecule has 0 aliphatic carbocycles. The normalized spacial score (nSPS) is 19.2. The molecule has 2 fully saturated rings. The van der Waals surface area contributed by atoms with E-state index in [0.717, 1.165) is 32.4 Å². The van der Waals surface area contributed by atoms with Crippen LogP contribution in [0.15, 0.2) is 24.3 Å². The number of nitrogens with zero attached hydrogens (tertiary/aromatic N) is 3. The fourth-order valence-electron chi connectivity index (χ4n) is 3.93. The maximum Gasteiger partial charge on any atom is 0.317 e. The van der Waals surface area contributed by atoms with Gasteiger partial charge in [0.25, 0.3) is 0 Å². The van der Waals surface area contributed by atoms with Crippen molar-refractivity contribution < 1.29 is 4.79 Å². The lowest BCUT2D eigenvalue weighted by Crippen LogP contribution is -2.49. The van der Waals surface area contributed by atoms with Crippen LogP contribution in [0, 0.1) is 0 Å². The second kappa shape index (κ2) is 8.56. The number of hydrogen-bond donors (Lipinski definition) is 1. The molecule has 0 aromatic heterocycles. The first-order chi connectivity index (χ1) is 12.1. The summed E-state index contributed by atoms with van der Waals surface area (Å²) in [6.45, 7) is 4.99. The molecule has 0 atom stereocenters. The Morgan fingerprint density at radius 1 is 1.08 bits per heavy atom. The van der Waals surface area contributed by atoms with E-state index < -0.39 is 0 Å². The number of amides is 2. The highest BCUT2D eigenvalue weighted by molar-refractivity contribution is 5.74. The van der Waals surface area contributed by atoms with E-state index in [1.165, 1.54) is 37.2 Å². The van der Waals surface area contributed by atoms with Gasteiger partial charge in [0.2, 0.25) is 0 Å². The fourth-order valence-corrected chi connectivity index (χ4v) is 3.93. The fraction of sp³-hybridized carbons (Fsp3) is 0.650. The maximum absolute atomic E-state index is 12.4. The Labute approximate surface area is 152 Å². The van der Waals surface area contributed by atoms with Gasteiger partial charge >= 0.3 is 6.03 Å². The number of carbonyl (C=O) groups excluding carboxylic acids is 1. The topological polar surface area (TPSA) is 38.8 Å². The molecule has 0 saturated carbocycles. The van der Waals surface area contributed by atoms with Crippen LogP contribution in [0.1, 0.15) is 31.2 Å². The van der Waals surface area contributed by atoms with Crippen molar-refractivity contribution in [3.8, 4) is 0 Å². The van der Waals surface area contributed by atoms with E-state index in [9.17, 15) is 4.79 Å². The molecular weight excluding hydrogens is 312 g/mol. The summed E-state index contributed by atoms with van der Waals surface area (Å²) in [5.41, 5.74) is 2.47. The molecule has 2 aliphatic heterocycles. The van der Waals surface area contributed by atoms with Crippen molar-refractivity contribution in [3.63, 3.8) is 0 Å². The van der Waals surface area contributed by atoms with E-state index in [0.29, 0.717) is 12.6 Å². The Bertz CT molecular complexity index is 543. The highest BCUT2D eigenvalue weighted by Gasteiger charge is 2.27. The van der Waals surface area contributed by atoms with Gasteiger partial charge in [-0.2, -0.15) is 0 Å². The summed E-state index contributed by atoms with van der Waals surface area (Å²) in [7, 11) is 4.09. The molecule has 3 rings (SSSR count). The van der Waals surface area contributed by atoms with Gasteiger partial charge in [-0.3, -0.25) is 0 Å². The third kappa shape index (κ3) is 4.88. The first-order valence-corrected chi connectivity index (χ1v) is 9.66. The Morgan fingerprint density at radius 3 is 2.32 bits per heavy atom. The van der Waals surface area contributed by atoms with Gasteiger partial charge < -0.3 is 20.0 Å². The summed E-state index contributed by atoms with van der Waals surface area (Å²) >= 11 is 0. The second-order valence-corrected chi connectivity index (χ2v) is 7.50. The number of piperidine rings is 1. The molecule has 2 heterocycles. The summed E-state index contributed by atoms with van der Waals surface area (Å²) in [5.74, 6) is 0. The first kappa shape index (κ1) is 18.1. The van der Waals surface area contributed by atoms with Crippen LogP contribution in [0.3, 0.4) is 0 Å². The zero-order chi connectivity index (χ0) is 17.6. The van der Waals surface area contributed by atoms with Gasteiger partial charge in [-0.25, -0.2) is 4.79 Å². The van der Waals surface area contributed by atoms with Gasteiger partial charge in [-0.05, 0) is 62.9 Å². The van der Waals surface area contributed by atoms with Crippen molar-refractivity contribution in [1.29, 1.82) is 0 Å². The SMILES string of the molecule is CN(C)c1ccc(CCNC(=O)N2CCC(N3CCCC3)CC2)cc1. The number of urea groups is 1. The summed E-state index contributed by atoms with van der Waals surface area (Å²) in [6.07, 6.45) is 5.81. The number of nitrogens with one attached hydrogen (secondary N) is 1. The lowest BCUT2D eigenvalue weighted by Gasteiger charge is -2.36. The Kier molecular flexibility index (Phi) is 6.19. The molecule has 0 unspecified atom stereocenters. The minimum atomic E-state index is 0.102. The van der Waals surface area contributed by atoms with E-state index in [-0.39, 0.29) is 6.03 Å². The van der Waals surface area contributed by atoms with Gasteiger partial charge in [0.15, 0.2) is 0 Å².